The molecule has 0 atom stereocenters. The molecule has 0 aliphatic carbocycles. The van der Waals surface area contributed by atoms with Crippen LogP contribution in [-0.2, 0) is 24.4 Å². The lowest BCUT2D eigenvalue weighted by Crippen LogP contribution is -2.38. The third kappa shape index (κ3) is 7.35. The van der Waals surface area contributed by atoms with E-state index in [2.05, 4.69) is 71.5 Å². The van der Waals surface area contributed by atoms with Gasteiger partial charge >= 0.3 is 0 Å². The molecule has 0 aliphatic rings. The number of benzene rings is 1. The van der Waals surface area contributed by atoms with Crippen LogP contribution in [-0.4, -0.2) is 35.4 Å². The fourth-order valence-corrected chi connectivity index (χ4v) is 3.02. The van der Waals surface area contributed by atoms with Crippen LogP contribution in [0.25, 0.3) is 0 Å². The first-order valence-corrected chi connectivity index (χ1v) is 10.3. The van der Waals surface area contributed by atoms with Gasteiger partial charge < -0.3 is 15.4 Å². The molecule has 0 bridgehead atoms. The van der Waals surface area contributed by atoms with Crippen molar-refractivity contribution in [3.63, 3.8) is 0 Å². The zero-order valence-electron chi connectivity index (χ0n) is 17.8. The fourth-order valence-electron chi connectivity index (χ4n) is 3.02. The number of guanidine groups is 1. The van der Waals surface area contributed by atoms with Crippen molar-refractivity contribution in [2.45, 2.75) is 60.2 Å². The van der Waals surface area contributed by atoms with Gasteiger partial charge in [0.15, 0.2) is 5.96 Å². The van der Waals surface area contributed by atoms with E-state index in [1.807, 2.05) is 6.92 Å². The van der Waals surface area contributed by atoms with Crippen molar-refractivity contribution in [3.05, 3.63) is 52.8 Å². The van der Waals surface area contributed by atoms with E-state index in [1.54, 1.807) is 0 Å². The molecule has 2 N–H and O–H groups in total. The molecule has 0 radical (unpaired) electrons. The Morgan fingerprint density at radius 1 is 1.14 bits per heavy atom. The van der Waals surface area contributed by atoms with Gasteiger partial charge in [-0.3, -0.25) is 4.68 Å². The van der Waals surface area contributed by atoms with Crippen LogP contribution >= 0.6 is 0 Å². The fraction of sp³-hybridized carbons (Fsp3) is 0.545. The number of ether oxygens (including phenoxy) is 1. The van der Waals surface area contributed by atoms with E-state index in [0.29, 0.717) is 13.2 Å². The van der Waals surface area contributed by atoms with Crippen LogP contribution < -0.4 is 10.6 Å². The summed E-state index contributed by atoms with van der Waals surface area (Å²) in [5.41, 5.74) is 4.69. The van der Waals surface area contributed by atoms with Crippen LogP contribution in [0.15, 0.2) is 35.3 Å². The van der Waals surface area contributed by atoms with Crippen molar-refractivity contribution in [1.82, 2.24) is 20.4 Å². The zero-order valence-corrected chi connectivity index (χ0v) is 17.8. The number of aliphatic imine (C=N–C) groups is 1. The molecule has 0 saturated heterocycles. The Bertz CT molecular complexity index is 738. The highest BCUT2D eigenvalue weighted by Crippen LogP contribution is 2.11. The molecule has 1 aromatic heterocycles. The molecule has 0 unspecified atom stereocenters. The number of aryl methyl sites for hydroxylation is 3. The van der Waals surface area contributed by atoms with E-state index in [1.165, 1.54) is 16.8 Å². The molecule has 0 aliphatic heterocycles. The zero-order chi connectivity index (χ0) is 20.2. The Labute approximate surface area is 169 Å². The van der Waals surface area contributed by atoms with Crippen molar-refractivity contribution in [2.24, 2.45) is 4.99 Å². The maximum absolute atomic E-state index is 5.71. The first-order valence-electron chi connectivity index (χ1n) is 10.3. The van der Waals surface area contributed by atoms with Gasteiger partial charge in [-0.2, -0.15) is 5.10 Å². The van der Waals surface area contributed by atoms with Crippen LogP contribution in [0.2, 0.25) is 0 Å². The molecular formula is C22H35N5O. The van der Waals surface area contributed by atoms with E-state index in [-0.39, 0.29) is 0 Å². The predicted octanol–water partition coefficient (Wildman–Crippen LogP) is 3.57. The molecule has 0 fully saturated rings. The standard InChI is InChI=1S/C22H35N5O/c1-5-14-28-17-21-11-8-7-10-20(21)16-25-22(23-6-2)24-12-9-13-27-19(4)15-18(3)26-27/h7-8,10-11,15H,5-6,9,12-14,16-17H2,1-4H3,(H2,23,24,25). The van der Waals surface area contributed by atoms with Crippen molar-refractivity contribution in [3.8, 4) is 0 Å². The molecule has 0 saturated carbocycles. The molecule has 6 heteroatoms. The van der Waals surface area contributed by atoms with Gasteiger partial charge in [0.2, 0.25) is 0 Å². The summed E-state index contributed by atoms with van der Waals surface area (Å²) in [5, 5.41) is 11.3. The minimum absolute atomic E-state index is 0.637. The summed E-state index contributed by atoms with van der Waals surface area (Å²) >= 11 is 0. The highest BCUT2D eigenvalue weighted by Gasteiger charge is 2.04. The highest BCUT2D eigenvalue weighted by molar-refractivity contribution is 5.79. The number of hydrogen-bond acceptors (Lipinski definition) is 3. The van der Waals surface area contributed by atoms with Crippen LogP contribution in [0.4, 0.5) is 0 Å². The van der Waals surface area contributed by atoms with Gasteiger partial charge in [-0.25, -0.2) is 4.99 Å². The predicted molar refractivity (Wildman–Crippen MR) is 116 cm³/mol. The summed E-state index contributed by atoms with van der Waals surface area (Å²) in [6, 6.07) is 10.5. The SMILES string of the molecule is CCCOCc1ccccc1CN=C(NCC)NCCCn1nc(C)cc1C. The second kappa shape index (κ2) is 12.2. The monoisotopic (exact) mass is 385 g/mol. The summed E-state index contributed by atoms with van der Waals surface area (Å²) in [6.45, 7) is 13.0. The molecule has 2 aromatic rings. The van der Waals surface area contributed by atoms with Gasteiger partial charge in [-0.1, -0.05) is 31.2 Å². The van der Waals surface area contributed by atoms with E-state index in [9.17, 15) is 0 Å². The second-order valence-corrected chi connectivity index (χ2v) is 6.95. The Morgan fingerprint density at radius 3 is 2.61 bits per heavy atom. The average molecular weight is 386 g/mol. The van der Waals surface area contributed by atoms with Gasteiger partial charge in [-0.05, 0) is 50.8 Å². The quantitative estimate of drug-likeness (QED) is 0.353. The number of nitrogens with zero attached hydrogens (tertiary/aromatic N) is 3. The number of nitrogens with one attached hydrogen (secondary N) is 2. The minimum atomic E-state index is 0.637. The summed E-state index contributed by atoms with van der Waals surface area (Å²) < 4.78 is 7.77. The first kappa shape index (κ1) is 22.0. The largest absolute Gasteiger partial charge is 0.377 e. The van der Waals surface area contributed by atoms with E-state index >= 15 is 0 Å². The molecule has 0 amide bonds. The lowest BCUT2D eigenvalue weighted by Gasteiger charge is -2.13. The van der Waals surface area contributed by atoms with Gasteiger partial charge in [0.25, 0.3) is 0 Å². The highest BCUT2D eigenvalue weighted by atomic mass is 16.5. The Kier molecular flexibility index (Phi) is 9.55. The lowest BCUT2D eigenvalue weighted by molar-refractivity contribution is 0.121. The molecule has 1 aromatic carbocycles. The van der Waals surface area contributed by atoms with Gasteiger partial charge in [0, 0.05) is 31.9 Å². The van der Waals surface area contributed by atoms with E-state index in [0.717, 1.165) is 50.7 Å². The number of aromatic nitrogens is 2. The van der Waals surface area contributed by atoms with E-state index in [4.69, 9.17) is 9.73 Å². The van der Waals surface area contributed by atoms with Crippen molar-refractivity contribution in [2.75, 3.05) is 19.7 Å². The van der Waals surface area contributed by atoms with Crippen molar-refractivity contribution < 1.29 is 4.74 Å². The van der Waals surface area contributed by atoms with E-state index < -0.39 is 0 Å². The third-order valence-electron chi connectivity index (χ3n) is 4.42. The third-order valence-corrected chi connectivity index (χ3v) is 4.42. The summed E-state index contributed by atoms with van der Waals surface area (Å²) in [6.07, 6.45) is 2.03. The number of hydrogen-bond donors (Lipinski definition) is 2. The lowest BCUT2D eigenvalue weighted by atomic mass is 10.1. The van der Waals surface area contributed by atoms with Crippen molar-refractivity contribution in [1.29, 1.82) is 0 Å². The van der Waals surface area contributed by atoms with Crippen molar-refractivity contribution >= 4 is 5.96 Å². The van der Waals surface area contributed by atoms with Gasteiger partial charge in [-0.15, -0.1) is 0 Å². The Balaban J connectivity index is 1.87. The van der Waals surface area contributed by atoms with Crippen LogP contribution in [0.5, 0.6) is 0 Å². The summed E-state index contributed by atoms with van der Waals surface area (Å²) in [4.78, 5) is 4.76. The van der Waals surface area contributed by atoms with Crippen LogP contribution in [0, 0.1) is 13.8 Å². The summed E-state index contributed by atoms with van der Waals surface area (Å²) in [7, 11) is 0. The number of rotatable bonds is 11. The Morgan fingerprint density at radius 2 is 1.93 bits per heavy atom. The molecule has 154 valence electrons. The van der Waals surface area contributed by atoms with Gasteiger partial charge in [0.05, 0.1) is 18.8 Å². The molecular weight excluding hydrogens is 350 g/mol. The molecule has 2 rings (SSSR count). The minimum Gasteiger partial charge on any atom is -0.377 e. The smallest absolute Gasteiger partial charge is 0.191 e. The second-order valence-electron chi connectivity index (χ2n) is 6.95. The summed E-state index contributed by atoms with van der Waals surface area (Å²) in [5.74, 6) is 0.847. The Hall–Kier alpha value is -2.34. The maximum atomic E-state index is 5.71. The van der Waals surface area contributed by atoms with Gasteiger partial charge in [0.1, 0.15) is 0 Å². The molecule has 1 heterocycles. The van der Waals surface area contributed by atoms with Crippen LogP contribution in [0.1, 0.15) is 49.2 Å². The van der Waals surface area contributed by atoms with Crippen LogP contribution in [0.3, 0.4) is 0 Å². The normalized spacial score (nSPS) is 11.6. The average Bonchev–Trinajstić information content (AvgIpc) is 3.01. The molecule has 0 spiro atoms. The maximum Gasteiger partial charge on any atom is 0.191 e. The first-order chi connectivity index (χ1) is 13.6. The molecule has 28 heavy (non-hydrogen) atoms. The molecule has 6 nitrogen and oxygen atoms in total. The topological polar surface area (TPSA) is 63.5 Å².